The van der Waals surface area contributed by atoms with Crippen molar-refractivity contribution >= 4 is 20.0 Å². The predicted molar refractivity (Wildman–Crippen MR) is 110 cm³/mol. The lowest BCUT2D eigenvalue weighted by molar-refractivity contribution is -0.0593. The molecule has 0 saturated heterocycles. The Morgan fingerprint density at radius 1 is 0.606 bits per heavy atom. The Bertz CT molecular complexity index is 870. The van der Waals surface area contributed by atoms with E-state index in [4.69, 9.17) is 0 Å². The molecule has 8 nitrogen and oxygen atoms in total. The van der Waals surface area contributed by atoms with Gasteiger partial charge in [-0.3, -0.25) is 4.90 Å². The van der Waals surface area contributed by atoms with Crippen molar-refractivity contribution in [2.75, 3.05) is 39.3 Å². The lowest BCUT2D eigenvalue weighted by atomic mass is 10.3. The second kappa shape index (κ2) is 9.77. The number of alkyl halides is 6. The zero-order chi connectivity index (χ0) is 26.2. The van der Waals surface area contributed by atoms with Crippen molar-refractivity contribution in [3.8, 4) is 0 Å². The van der Waals surface area contributed by atoms with Crippen LogP contribution in [-0.4, -0.2) is 91.2 Å². The first kappa shape index (κ1) is 29.8. The number of sulfonamides is 2. The normalized spacial score (nSPS) is 17.2. The number of hydrogen-bond donors (Lipinski definition) is 0. The highest BCUT2D eigenvalue weighted by atomic mass is 32.3. The molecule has 33 heavy (non-hydrogen) atoms. The van der Waals surface area contributed by atoms with Gasteiger partial charge in [0.1, 0.15) is 0 Å². The van der Waals surface area contributed by atoms with Crippen LogP contribution in [0.3, 0.4) is 0 Å². The van der Waals surface area contributed by atoms with Gasteiger partial charge in [0.2, 0.25) is 0 Å². The molecule has 0 fully saturated rings. The molecule has 1 aliphatic rings. The molecule has 0 aromatic rings. The second-order valence-electron chi connectivity index (χ2n) is 6.99. The molecule has 1 aliphatic carbocycles. The average Bonchev–Trinajstić information content (AvgIpc) is 3.31. The smallest absolute Gasteiger partial charge is 0.371 e. The third-order valence-electron chi connectivity index (χ3n) is 5.49. The average molecular weight is 533 g/mol. The summed E-state index contributed by atoms with van der Waals surface area (Å²) in [6.07, 6.45) is 0. The predicted octanol–water partition coefficient (Wildman–Crippen LogP) is 2.93. The zero-order valence-electron chi connectivity index (χ0n) is 19.2. The molecule has 0 bridgehead atoms. The highest BCUT2D eigenvalue weighted by molar-refractivity contribution is 8.04. The van der Waals surface area contributed by atoms with Crippen molar-refractivity contribution < 1.29 is 43.2 Å². The number of hydrogen-bond acceptors (Lipinski definition) is 7. The second-order valence-corrected chi connectivity index (χ2v) is 10.8. The van der Waals surface area contributed by atoms with Gasteiger partial charge in [0.15, 0.2) is 5.66 Å². The van der Waals surface area contributed by atoms with Crippen molar-refractivity contribution in [1.29, 1.82) is 0 Å². The van der Waals surface area contributed by atoms with Crippen molar-refractivity contribution in [1.82, 2.24) is 18.4 Å². The number of halogens is 6. The molecule has 0 radical (unpaired) electrons. The standard InChI is InChI=1S/C17H30F6N4O4S2/c1-7-24(8-2)13-14(25(9-3)10-4)15(13,26(11-5)12-6)27(32(28,29)16(18,19)20)33(30,31)17(21,22)23/h7-12H2,1-6H3. The fourth-order valence-electron chi connectivity index (χ4n) is 3.99. The summed E-state index contributed by atoms with van der Waals surface area (Å²) in [6.45, 7) is 8.96. The minimum Gasteiger partial charge on any atom is -0.371 e. The molecule has 0 saturated carbocycles. The molecular weight excluding hydrogens is 502 g/mol. The molecule has 0 aromatic carbocycles. The van der Waals surface area contributed by atoms with Crippen LogP contribution in [0.4, 0.5) is 26.3 Å². The molecule has 0 N–H and O–H groups in total. The lowest BCUT2D eigenvalue weighted by Gasteiger charge is -2.42. The van der Waals surface area contributed by atoms with E-state index in [0.717, 1.165) is 4.90 Å². The summed E-state index contributed by atoms with van der Waals surface area (Å²) in [5.74, 6) is 0. The Labute approximate surface area is 190 Å². The summed E-state index contributed by atoms with van der Waals surface area (Å²) in [5.41, 5.74) is -15.9. The number of nitrogens with zero attached hydrogens (tertiary/aromatic N) is 4. The van der Waals surface area contributed by atoms with E-state index in [1.165, 1.54) is 23.6 Å². The van der Waals surface area contributed by atoms with Gasteiger partial charge in [0.05, 0.1) is 11.4 Å². The van der Waals surface area contributed by atoms with Gasteiger partial charge >= 0.3 is 31.1 Å². The first-order chi connectivity index (χ1) is 14.9. The van der Waals surface area contributed by atoms with Crippen LogP contribution < -0.4 is 0 Å². The molecule has 0 aromatic heterocycles. The van der Waals surface area contributed by atoms with Gasteiger partial charge in [0.25, 0.3) is 0 Å². The summed E-state index contributed by atoms with van der Waals surface area (Å²) in [5, 5.41) is 0. The largest absolute Gasteiger partial charge is 0.512 e. The van der Waals surface area contributed by atoms with Crippen molar-refractivity contribution in [2.45, 2.75) is 58.2 Å². The van der Waals surface area contributed by atoms with Gasteiger partial charge in [-0.2, -0.15) is 26.3 Å². The summed E-state index contributed by atoms with van der Waals surface area (Å²) in [4.78, 5) is 3.73. The van der Waals surface area contributed by atoms with Gasteiger partial charge in [0, 0.05) is 26.2 Å². The summed E-state index contributed by atoms with van der Waals surface area (Å²) in [6, 6.07) is 0. The topological polar surface area (TPSA) is 81.2 Å². The van der Waals surface area contributed by atoms with Crippen LogP contribution in [0, 0.1) is 0 Å². The van der Waals surface area contributed by atoms with Gasteiger partial charge in [-0.15, -0.1) is 0 Å². The van der Waals surface area contributed by atoms with Gasteiger partial charge < -0.3 is 9.80 Å². The quantitative estimate of drug-likeness (QED) is 0.282. The van der Waals surface area contributed by atoms with Crippen LogP contribution in [0.25, 0.3) is 0 Å². The van der Waals surface area contributed by atoms with E-state index in [0.29, 0.717) is 0 Å². The van der Waals surface area contributed by atoms with Crippen molar-refractivity contribution in [3.05, 3.63) is 11.4 Å². The minimum absolute atomic E-state index is 0.0889. The molecule has 0 spiro atoms. The van der Waals surface area contributed by atoms with E-state index in [9.17, 15) is 43.2 Å². The number of likely N-dealkylation sites (N-methyl/N-ethyl adjacent to an activating group) is 3. The van der Waals surface area contributed by atoms with Crippen molar-refractivity contribution in [3.63, 3.8) is 0 Å². The Balaban J connectivity index is 4.27. The first-order valence-electron chi connectivity index (χ1n) is 10.4. The molecule has 0 aliphatic heterocycles. The fourth-order valence-corrected chi connectivity index (χ4v) is 7.18. The van der Waals surface area contributed by atoms with E-state index in [1.807, 2.05) is 0 Å². The van der Waals surface area contributed by atoms with Crippen LogP contribution in [-0.2, 0) is 20.0 Å². The zero-order valence-corrected chi connectivity index (χ0v) is 20.9. The highest BCUT2D eigenvalue weighted by Crippen LogP contribution is 2.58. The summed E-state index contributed by atoms with van der Waals surface area (Å²) >= 11 is 0. The maximum atomic E-state index is 13.7. The lowest BCUT2D eigenvalue weighted by Crippen LogP contribution is -2.64. The molecule has 0 amide bonds. The van der Waals surface area contributed by atoms with Gasteiger partial charge in [-0.1, -0.05) is 13.8 Å². The molecule has 196 valence electrons. The van der Waals surface area contributed by atoms with Crippen molar-refractivity contribution in [2.24, 2.45) is 0 Å². The maximum absolute atomic E-state index is 13.7. The summed E-state index contributed by atoms with van der Waals surface area (Å²) in [7, 11) is -14.0. The molecule has 0 heterocycles. The third kappa shape index (κ3) is 4.55. The monoisotopic (exact) mass is 532 g/mol. The van der Waals surface area contributed by atoms with Crippen LogP contribution in [0.2, 0.25) is 0 Å². The highest BCUT2D eigenvalue weighted by Gasteiger charge is 2.77. The van der Waals surface area contributed by atoms with E-state index in [1.54, 1.807) is 27.7 Å². The van der Waals surface area contributed by atoms with Crippen LogP contribution >= 0.6 is 0 Å². The Morgan fingerprint density at radius 3 is 1.06 bits per heavy atom. The van der Waals surface area contributed by atoms with E-state index < -0.39 is 40.4 Å². The molecule has 1 rings (SSSR count). The van der Waals surface area contributed by atoms with Gasteiger partial charge in [-0.25, -0.2) is 16.8 Å². The SMILES string of the molecule is CCN(CC)C1=C(N(CC)CC)C1(N(CC)CC)N(S(=O)(=O)C(F)(F)F)S(=O)(=O)C(F)(F)F. The molecule has 0 atom stereocenters. The van der Waals surface area contributed by atoms with E-state index in [-0.39, 0.29) is 50.7 Å². The third-order valence-corrected chi connectivity index (χ3v) is 9.24. The molecular formula is C17H30F6N4O4S2. The Morgan fingerprint density at radius 2 is 0.879 bits per heavy atom. The minimum atomic E-state index is -7.02. The Kier molecular flexibility index (Phi) is 8.82. The summed E-state index contributed by atoms with van der Waals surface area (Å²) < 4.78 is 131. The van der Waals surface area contributed by atoms with Crippen LogP contribution in [0.5, 0.6) is 0 Å². The Hall–Kier alpha value is -1.26. The fraction of sp³-hybridized carbons (Fsp3) is 0.882. The first-order valence-corrected chi connectivity index (χ1v) is 13.2. The van der Waals surface area contributed by atoms with E-state index in [2.05, 4.69) is 0 Å². The maximum Gasteiger partial charge on any atom is 0.512 e. The van der Waals surface area contributed by atoms with E-state index >= 15 is 0 Å². The molecule has 0 unspecified atom stereocenters. The number of rotatable bonds is 12. The van der Waals surface area contributed by atoms with Gasteiger partial charge in [-0.05, 0) is 44.5 Å². The molecule has 16 heteroatoms. The van der Waals surface area contributed by atoms with Crippen LogP contribution in [0.15, 0.2) is 11.4 Å². The van der Waals surface area contributed by atoms with Crippen LogP contribution in [0.1, 0.15) is 41.5 Å².